The maximum atomic E-state index is 13.9. The Morgan fingerprint density at radius 3 is 1.88 bits per heavy atom. The highest BCUT2D eigenvalue weighted by atomic mass is 16.5. The first kappa shape index (κ1) is 33.0. The number of benzene rings is 4. The second-order valence-electron chi connectivity index (χ2n) is 14.0. The summed E-state index contributed by atoms with van der Waals surface area (Å²) in [7, 11) is 3.25. The molecule has 0 fully saturated rings. The van der Waals surface area contributed by atoms with Gasteiger partial charge in [-0.05, 0) is 123 Å². The van der Waals surface area contributed by atoms with Crippen molar-refractivity contribution >= 4 is 23.2 Å². The van der Waals surface area contributed by atoms with Gasteiger partial charge in [0.15, 0.2) is 11.5 Å². The monoisotopic (exact) mass is 685 g/mol. The Bertz CT molecular complexity index is 2060. The Kier molecular flexibility index (Phi) is 8.78. The van der Waals surface area contributed by atoms with Crippen molar-refractivity contribution in [3.8, 4) is 17.2 Å². The minimum absolute atomic E-state index is 0.0172. The van der Waals surface area contributed by atoms with E-state index in [2.05, 4.69) is 17.4 Å². The number of amides is 2. The average Bonchev–Trinajstić information content (AvgIpc) is 3.64. The van der Waals surface area contributed by atoms with Crippen LogP contribution < -0.4 is 29.3 Å². The van der Waals surface area contributed by atoms with Gasteiger partial charge >= 0.3 is 0 Å². The first-order valence-electron chi connectivity index (χ1n) is 17.8. The van der Waals surface area contributed by atoms with Crippen LogP contribution in [0.15, 0.2) is 84.4 Å². The number of likely N-dealkylation sites (N-methyl/N-ethyl adjacent to an activating group) is 1. The number of carbonyl (C=O) groups excluding carboxylic acids is 2. The van der Waals surface area contributed by atoms with E-state index in [1.54, 1.807) is 26.3 Å². The highest BCUT2D eigenvalue weighted by Crippen LogP contribution is 2.41. The van der Waals surface area contributed by atoms with E-state index in [0.717, 1.165) is 72.2 Å². The first-order chi connectivity index (χ1) is 24.8. The van der Waals surface area contributed by atoms with Crippen molar-refractivity contribution in [2.45, 2.75) is 63.8 Å². The molecule has 0 spiro atoms. The SMILES string of the molecule is CNC(O)/C=C(\COc1cc2c(cc1C)C(=O)N1c3ccccc3C[C@H]1CC2)COc1cc2c(cc1OC)C(=O)N1c3ccccc3C[C@H]1CC2. The number of fused-ring (bicyclic) bond motifs is 8. The molecule has 3 atom stereocenters. The van der Waals surface area contributed by atoms with Crippen LogP contribution in [0.2, 0.25) is 0 Å². The summed E-state index contributed by atoms with van der Waals surface area (Å²) in [6, 6.07) is 24.3. The lowest BCUT2D eigenvalue weighted by atomic mass is 9.98. The predicted octanol–water partition coefficient (Wildman–Crippen LogP) is 5.96. The van der Waals surface area contributed by atoms with E-state index in [4.69, 9.17) is 14.2 Å². The molecule has 0 saturated heterocycles. The van der Waals surface area contributed by atoms with Crippen molar-refractivity contribution in [3.05, 3.63) is 123 Å². The molecule has 0 aliphatic carbocycles. The Balaban J connectivity index is 1.00. The molecule has 4 aliphatic heterocycles. The van der Waals surface area contributed by atoms with Crippen LogP contribution in [-0.2, 0) is 25.7 Å². The molecule has 0 aromatic heterocycles. The van der Waals surface area contributed by atoms with Gasteiger partial charge in [-0.15, -0.1) is 0 Å². The Morgan fingerprint density at radius 1 is 0.784 bits per heavy atom. The summed E-state index contributed by atoms with van der Waals surface area (Å²) >= 11 is 0. The Morgan fingerprint density at radius 2 is 1.31 bits per heavy atom. The van der Waals surface area contributed by atoms with Crippen molar-refractivity contribution < 1.29 is 28.9 Å². The van der Waals surface area contributed by atoms with Crippen molar-refractivity contribution in [1.29, 1.82) is 0 Å². The van der Waals surface area contributed by atoms with Crippen LogP contribution in [0.25, 0.3) is 0 Å². The third kappa shape index (κ3) is 6.04. The number of aliphatic hydroxyl groups excluding tert-OH is 1. The molecule has 9 nitrogen and oxygen atoms in total. The van der Waals surface area contributed by atoms with Crippen LogP contribution >= 0.6 is 0 Å². The largest absolute Gasteiger partial charge is 0.493 e. The van der Waals surface area contributed by atoms with Gasteiger partial charge in [0.25, 0.3) is 11.8 Å². The number of aryl methyl sites for hydroxylation is 3. The summed E-state index contributed by atoms with van der Waals surface area (Å²) < 4.78 is 18.5. The van der Waals surface area contributed by atoms with Crippen LogP contribution in [0, 0.1) is 6.92 Å². The van der Waals surface area contributed by atoms with E-state index >= 15 is 0 Å². The molecule has 2 N–H and O–H groups in total. The van der Waals surface area contributed by atoms with E-state index in [9.17, 15) is 14.7 Å². The zero-order valence-corrected chi connectivity index (χ0v) is 29.3. The van der Waals surface area contributed by atoms with E-state index in [0.29, 0.717) is 28.4 Å². The number of carbonyl (C=O) groups is 2. The molecule has 9 heteroatoms. The smallest absolute Gasteiger partial charge is 0.258 e. The molecule has 51 heavy (non-hydrogen) atoms. The number of nitrogens with one attached hydrogen (secondary N) is 1. The minimum atomic E-state index is -0.905. The van der Waals surface area contributed by atoms with E-state index in [-0.39, 0.29) is 37.1 Å². The average molecular weight is 686 g/mol. The number of methoxy groups -OCH3 is 1. The van der Waals surface area contributed by atoms with Gasteiger partial charge in [0.05, 0.1) is 7.11 Å². The van der Waals surface area contributed by atoms with E-state index < -0.39 is 6.23 Å². The lowest BCUT2D eigenvalue weighted by molar-refractivity contribution is 0.0973. The molecule has 262 valence electrons. The quantitative estimate of drug-likeness (QED) is 0.166. The number of hydrogen-bond donors (Lipinski definition) is 2. The summed E-state index contributed by atoms with van der Waals surface area (Å²) in [5.74, 6) is 1.71. The molecule has 0 bridgehead atoms. The lowest BCUT2D eigenvalue weighted by Crippen LogP contribution is -2.36. The third-order valence-corrected chi connectivity index (χ3v) is 10.8. The molecule has 4 aromatic carbocycles. The number of rotatable bonds is 9. The number of hydrogen-bond acceptors (Lipinski definition) is 7. The van der Waals surface area contributed by atoms with Crippen LogP contribution in [0.1, 0.15) is 61.4 Å². The normalized spacial score (nSPS) is 19.6. The number of nitrogens with zero attached hydrogens (tertiary/aromatic N) is 2. The van der Waals surface area contributed by atoms with Crippen molar-refractivity contribution in [2.75, 3.05) is 37.2 Å². The molecule has 1 unspecified atom stereocenters. The number of ether oxygens (including phenoxy) is 3. The molecule has 8 rings (SSSR count). The van der Waals surface area contributed by atoms with E-state index in [1.807, 2.05) is 71.3 Å². The maximum Gasteiger partial charge on any atom is 0.258 e. The first-order valence-corrected chi connectivity index (χ1v) is 17.8. The van der Waals surface area contributed by atoms with E-state index in [1.165, 1.54) is 11.1 Å². The van der Waals surface area contributed by atoms with Gasteiger partial charge < -0.3 is 29.1 Å². The van der Waals surface area contributed by atoms with Crippen molar-refractivity contribution in [1.82, 2.24) is 5.32 Å². The van der Waals surface area contributed by atoms with Gasteiger partial charge in [-0.3, -0.25) is 14.9 Å². The third-order valence-electron chi connectivity index (χ3n) is 10.8. The number of aliphatic hydroxyl groups is 1. The highest BCUT2D eigenvalue weighted by Gasteiger charge is 2.39. The van der Waals surface area contributed by atoms with Gasteiger partial charge in [0.1, 0.15) is 25.2 Å². The lowest BCUT2D eigenvalue weighted by Gasteiger charge is -2.23. The predicted molar refractivity (Wildman–Crippen MR) is 196 cm³/mol. The Labute approximate surface area is 298 Å². The fourth-order valence-corrected chi connectivity index (χ4v) is 8.19. The Hall–Kier alpha value is -5.12. The highest BCUT2D eigenvalue weighted by molar-refractivity contribution is 6.10. The molecule has 4 aromatic rings. The van der Waals surface area contributed by atoms with Crippen molar-refractivity contribution in [3.63, 3.8) is 0 Å². The topological polar surface area (TPSA) is 101 Å². The number of para-hydroxylation sites is 2. The molecular weight excluding hydrogens is 642 g/mol. The molecule has 4 heterocycles. The fraction of sp³-hybridized carbons (Fsp3) is 0.333. The van der Waals surface area contributed by atoms with Crippen molar-refractivity contribution in [2.24, 2.45) is 0 Å². The fourth-order valence-electron chi connectivity index (χ4n) is 8.19. The standard InChI is InChI=1S/C42H43N3O6/c1-25-16-33-27(12-14-31-18-29-8-4-6-10-35(29)44(31)41(33)47)20-37(25)50-23-26(17-40(46)43-2)24-51-39-21-28-13-15-32-19-30-9-5-7-11-36(30)45(32)42(48)34(28)22-38(39)49-3/h4-11,16-17,20-22,31-32,40,43,46H,12-15,18-19,23-24H2,1-3H3/b26-17+/t31-,32-,40?/m1/s1. The molecule has 4 aliphatic rings. The summed E-state index contributed by atoms with van der Waals surface area (Å²) in [6.45, 7) is 2.25. The van der Waals surface area contributed by atoms with Gasteiger partial charge in [0, 0.05) is 40.2 Å². The zero-order valence-electron chi connectivity index (χ0n) is 29.3. The molecule has 2 amide bonds. The van der Waals surface area contributed by atoms with Crippen LogP contribution in [0.3, 0.4) is 0 Å². The molecular formula is C42H43N3O6. The van der Waals surface area contributed by atoms with Gasteiger partial charge in [-0.2, -0.15) is 0 Å². The second-order valence-corrected chi connectivity index (χ2v) is 14.0. The van der Waals surface area contributed by atoms with Gasteiger partial charge in [-0.1, -0.05) is 36.4 Å². The summed E-state index contributed by atoms with van der Waals surface area (Å²) in [5, 5.41) is 13.3. The van der Waals surface area contributed by atoms with Gasteiger partial charge in [0.2, 0.25) is 0 Å². The maximum absolute atomic E-state index is 13.9. The summed E-state index contributed by atoms with van der Waals surface area (Å²) in [5.41, 5.74) is 9.28. The van der Waals surface area contributed by atoms with Crippen LogP contribution in [0.5, 0.6) is 17.2 Å². The second kappa shape index (κ2) is 13.5. The minimum Gasteiger partial charge on any atom is -0.493 e. The summed E-state index contributed by atoms with van der Waals surface area (Å²) in [4.78, 5) is 31.7. The zero-order chi connectivity index (χ0) is 35.2. The summed E-state index contributed by atoms with van der Waals surface area (Å²) in [6.07, 6.45) is 5.75. The molecule has 0 saturated carbocycles. The van der Waals surface area contributed by atoms with Crippen LogP contribution in [-0.4, -0.2) is 62.6 Å². The molecule has 0 radical (unpaired) electrons. The van der Waals surface area contributed by atoms with Gasteiger partial charge in [-0.25, -0.2) is 0 Å². The van der Waals surface area contributed by atoms with Crippen LogP contribution in [0.4, 0.5) is 11.4 Å². The number of anilines is 2.